The highest BCUT2D eigenvalue weighted by Gasteiger charge is 2.13. The van der Waals surface area contributed by atoms with Crippen molar-refractivity contribution in [1.82, 2.24) is 0 Å². The van der Waals surface area contributed by atoms with Crippen LogP contribution in [-0.4, -0.2) is 41.5 Å². The molecule has 0 aromatic heterocycles. The zero-order valence-electron chi connectivity index (χ0n) is 16.2. The van der Waals surface area contributed by atoms with Crippen molar-refractivity contribution in [2.75, 3.05) is 40.9 Å². The number of nitrogens with zero attached hydrogens (tertiary/aromatic N) is 1. The first-order valence-corrected chi connectivity index (χ1v) is 8.14. The largest absolute Gasteiger partial charge is 0.496 e. The molecular formula is C19H25N3O5. The Morgan fingerprint density at radius 2 is 1.41 bits per heavy atom. The minimum Gasteiger partial charge on any atom is -0.496 e. The topological polar surface area (TPSA) is 96.6 Å². The van der Waals surface area contributed by atoms with Gasteiger partial charge in [-0.2, -0.15) is 0 Å². The Bertz CT molecular complexity index is 783. The van der Waals surface area contributed by atoms with Gasteiger partial charge in [0.05, 0.1) is 47.7 Å². The van der Waals surface area contributed by atoms with Crippen LogP contribution in [0.25, 0.3) is 0 Å². The SMILES string of the molecule is COc1cc(OC)c(CN=C(N)Nc2ccc(OC)c(OC)c2)c(OC)c1. The molecule has 0 radical (unpaired) electrons. The van der Waals surface area contributed by atoms with Crippen LogP contribution in [0.2, 0.25) is 0 Å². The van der Waals surface area contributed by atoms with Crippen molar-refractivity contribution in [2.45, 2.75) is 6.54 Å². The monoisotopic (exact) mass is 375 g/mol. The van der Waals surface area contributed by atoms with E-state index >= 15 is 0 Å². The molecule has 0 fully saturated rings. The van der Waals surface area contributed by atoms with Crippen LogP contribution in [0.5, 0.6) is 28.7 Å². The number of methoxy groups -OCH3 is 5. The number of nitrogens with two attached hydrogens (primary N) is 1. The fourth-order valence-corrected chi connectivity index (χ4v) is 2.50. The first-order valence-electron chi connectivity index (χ1n) is 8.14. The molecule has 0 amide bonds. The highest BCUT2D eigenvalue weighted by Crippen LogP contribution is 2.34. The lowest BCUT2D eigenvalue weighted by Gasteiger charge is -2.14. The summed E-state index contributed by atoms with van der Waals surface area (Å²) in [6, 6.07) is 8.91. The van der Waals surface area contributed by atoms with Gasteiger partial charge in [0.15, 0.2) is 17.5 Å². The summed E-state index contributed by atoms with van der Waals surface area (Å²) in [6.07, 6.45) is 0. The normalized spacial score (nSPS) is 10.9. The van der Waals surface area contributed by atoms with Gasteiger partial charge < -0.3 is 34.7 Å². The lowest BCUT2D eigenvalue weighted by atomic mass is 10.1. The van der Waals surface area contributed by atoms with Gasteiger partial charge in [-0.1, -0.05) is 0 Å². The molecule has 8 heteroatoms. The summed E-state index contributed by atoms with van der Waals surface area (Å²) >= 11 is 0. The Kier molecular flexibility index (Phi) is 6.99. The average molecular weight is 375 g/mol. The molecular weight excluding hydrogens is 350 g/mol. The Balaban J connectivity index is 2.20. The van der Waals surface area contributed by atoms with Crippen molar-refractivity contribution in [3.63, 3.8) is 0 Å². The molecule has 8 nitrogen and oxygen atoms in total. The van der Waals surface area contributed by atoms with Crippen LogP contribution in [0, 0.1) is 0 Å². The number of guanidine groups is 1. The third-order valence-electron chi connectivity index (χ3n) is 3.88. The summed E-state index contributed by atoms with van der Waals surface area (Å²) in [5.41, 5.74) is 7.50. The molecule has 0 spiro atoms. The van der Waals surface area contributed by atoms with E-state index in [0.29, 0.717) is 28.7 Å². The van der Waals surface area contributed by atoms with Gasteiger partial charge in [-0.05, 0) is 12.1 Å². The Morgan fingerprint density at radius 3 is 1.93 bits per heavy atom. The van der Waals surface area contributed by atoms with E-state index in [1.807, 2.05) is 6.07 Å². The van der Waals surface area contributed by atoms with Gasteiger partial charge in [0, 0.05) is 23.9 Å². The molecule has 0 atom stereocenters. The van der Waals surface area contributed by atoms with E-state index in [1.54, 1.807) is 59.8 Å². The molecule has 146 valence electrons. The molecule has 0 unspecified atom stereocenters. The molecule has 0 bridgehead atoms. The number of ether oxygens (including phenoxy) is 5. The number of benzene rings is 2. The van der Waals surface area contributed by atoms with Crippen LogP contribution in [0.15, 0.2) is 35.3 Å². The first-order chi connectivity index (χ1) is 13.1. The second kappa shape index (κ2) is 9.42. The zero-order chi connectivity index (χ0) is 19.8. The van der Waals surface area contributed by atoms with Crippen LogP contribution in [0.4, 0.5) is 5.69 Å². The lowest BCUT2D eigenvalue weighted by molar-refractivity contribution is 0.355. The summed E-state index contributed by atoms with van der Waals surface area (Å²) in [4.78, 5) is 4.37. The first kappa shape index (κ1) is 20.0. The van der Waals surface area contributed by atoms with Gasteiger partial charge in [0.2, 0.25) is 0 Å². The zero-order valence-corrected chi connectivity index (χ0v) is 16.2. The smallest absolute Gasteiger partial charge is 0.193 e. The second-order valence-corrected chi connectivity index (χ2v) is 5.41. The lowest BCUT2D eigenvalue weighted by Crippen LogP contribution is -2.22. The summed E-state index contributed by atoms with van der Waals surface area (Å²) in [6.45, 7) is 0.266. The highest BCUT2D eigenvalue weighted by atomic mass is 16.5. The van der Waals surface area contributed by atoms with Crippen molar-refractivity contribution >= 4 is 11.6 Å². The van der Waals surface area contributed by atoms with Gasteiger partial charge in [-0.3, -0.25) is 0 Å². The van der Waals surface area contributed by atoms with Crippen molar-refractivity contribution in [2.24, 2.45) is 10.7 Å². The fraction of sp³-hybridized carbons (Fsp3) is 0.316. The molecule has 0 aliphatic carbocycles. The number of hydrogen-bond acceptors (Lipinski definition) is 6. The molecule has 2 aromatic rings. The minimum absolute atomic E-state index is 0.238. The Labute approximate surface area is 158 Å². The molecule has 0 saturated heterocycles. The van der Waals surface area contributed by atoms with Crippen LogP contribution in [0.1, 0.15) is 5.56 Å². The quantitative estimate of drug-likeness (QED) is 0.541. The van der Waals surface area contributed by atoms with Gasteiger partial charge >= 0.3 is 0 Å². The second-order valence-electron chi connectivity index (χ2n) is 5.41. The maximum Gasteiger partial charge on any atom is 0.193 e. The van der Waals surface area contributed by atoms with Crippen molar-refractivity contribution < 1.29 is 23.7 Å². The highest BCUT2D eigenvalue weighted by molar-refractivity contribution is 5.92. The van der Waals surface area contributed by atoms with Gasteiger partial charge in [-0.25, -0.2) is 4.99 Å². The van der Waals surface area contributed by atoms with Crippen molar-refractivity contribution in [3.8, 4) is 28.7 Å². The maximum atomic E-state index is 6.02. The fourth-order valence-electron chi connectivity index (χ4n) is 2.50. The van der Waals surface area contributed by atoms with Crippen LogP contribution >= 0.6 is 0 Å². The Morgan fingerprint density at radius 1 is 0.815 bits per heavy atom. The molecule has 0 heterocycles. The van der Waals surface area contributed by atoms with Crippen LogP contribution in [0.3, 0.4) is 0 Å². The molecule has 0 aliphatic heterocycles. The van der Waals surface area contributed by atoms with E-state index in [0.717, 1.165) is 11.3 Å². The minimum atomic E-state index is 0.238. The van der Waals surface area contributed by atoms with Crippen molar-refractivity contribution in [1.29, 1.82) is 0 Å². The maximum absolute atomic E-state index is 6.02. The summed E-state index contributed by atoms with van der Waals surface area (Å²) in [5, 5.41) is 3.02. The molecule has 27 heavy (non-hydrogen) atoms. The van der Waals surface area contributed by atoms with E-state index in [4.69, 9.17) is 29.4 Å². The standard InChI is InChI=1S/C19H25N3O5/c1-23-13-9-16(25-3)14(17(10-13)26-4)11-21-19(20)22-12-6-7-15(24-2)18(8-12)27-5/h6-10H,11H2,1-5H3,(H3,20,21,22). The molecule has 2 aromatic carbocycles. The third-order valence-corrected chi connectivity index (χ3v) is 3.88. The summed E-state index contributed by atoms with van der Waals surface area (Å²) < 4.78 is 26.6. The number of rotatable bonds is 8. The van der Waals surface area contributed by atoms with Crippen LogP contribution in [-0.2, 0) is 6.54 Å². The number of aliphatic imine (C=N–C) groups is 1. The van der Waals surface area contributed by atoms with Gasteiger partial charge in [-0.15, -0.1) is 0 Å². The van der Waals surface area contributed by atoms with Gasteiger partial charge in [0.25, 0.3) is 0 Å². The van der Waals surface area contributed by atoms with E-state index in [-0.39, 0.29) is 12.5 Å². The molecule has 2 rings (SSSR count). The van der Waals surface area contributed by atoms with E-state index in [9.17, 15) is 0 Å². The van der Waals surface area contributed by atoms with E-state index in [1.165, 1.54) is 0 Å². The van der Waals surface area contributed by atoms with Crippen molar-refractivity contribution in [3.05, 3.63) is 35.9 Å². The molecule has 3 N–H and O–H groups in total. The number of hydrogen-bond donors (Lipinski definition) is 2. The Hall–Kier alpha value is -3.29. The van der Waals surface area contributed by atoms with E-state index < -0.39 is 0 Å². The average Bonchev–Trinajstić information content (AvgIpc) is 2.71. The number of anilines is 1. The predicted molar refractivity (Wildman–Crippen MR) is 105 cm³/mol. The van der Waals surface area contributed by atoms with Crippen LogP contribution < -0.4 is 34.7 Å². The predicted octanol–water partition coefficient (Wildman–Crippen LogP) is 2.66. The number of nitrogens with one attached hydrogen (secondary N) is 1. The summed E-state index contributed by atoms with van der Waals surface area (Å²) in [5.74, 6) is 3.30. The molecule has 0 aliphatic rings. The van der Waals surface area contributed by atoms with E-state index in [2.05, 4.69) is 10.3 Å². The molecule has 0 saturated carbocycles. The summed E-state index contributed by atoms with van der Waals surface area (Å²) in [7, 11) is 7.88. The van der Waals surface area contributed by atoms with Gasteiger partial charge in [0.1, 0.15) is 17.2 Å². The third kappa shape index (κ3) is 4.87.